The Kier molecular flexibility index (Phi) is 3.73. The number of H-pyrrole nitrogens is 1. The van der Waals surface area contributed by atoms with Gasteiger partial charge in [-0.3, -0.25) is 4.57 Å². The van der Waals surface area contributed by atoms with Gasteiger partial charge in [0, 0.05) is 11.9 Å². The second-order valence-corrected chi connectivity index (χ2v) is 5.06. The number of alkyl halides is 3. The van der Waals surface area contributed by atoms with Gasteiger partial charge < -0.3 is 4.98 Å². The van der Waals surface area contributed by atoms with Crippen LogP contribution in [-0.4, -0.2) is 9.55 Å². The maximum atomic E-state index is 13.9. The lowest BCUT2D eigenvalue weighted by Crippen LogP contribution is -2.09. The molecule has 0 saturated carbocycles. The molecular formula is C13H12F4N2S. The fourth-order valence-corrected chi connectivity index (χ4v) is 2.18. The lowest BCUT2D eigenvalue weighted by molar-refractivity contribution is -0.137. The number of rotatable bonds is 2. The molecule has 20 heavy (non-hydrogen) atoms. The first-order chi connectivity index (χ1) is 9.21. The molecule has 108 valence electrons. The highest BCUT2D eigenvalue weighted by Crippen LogP contribution is 2.32. The highest BCUT2D eigenvalue weighted by atomic mass is 32.1. The number of halogens is 4. The highest BCUT2D eigenvalue weighted by molar-refractivity contribution is 7.71. The van der Waals surface area contributed by atoms with E-state index in [2.05, 4.69) is 4.98 Å². The highest BCUT2D eigenvalue weighted by Gasteiger charge is 2.31. The number of nitrogens with zero attached hydrogens (tertiary/aromatic N) is 1. The molecule has 0 radical (unpaired) electrons. The van der Waals surface area contributed by atoms with E-state index in [1.807, 2.05) is 13.8 Å². The summed E-state index contributed by atoms with van der Waals surface area (Å²) < 4.78 is 53.6. The molecule has 0 spiro atoms. The number of hydrogen-bond donors (Lipinski definition) is 1. The van der Waals surface area contributed by atoms with Crippen molar-refractivity contribution in [1.29, 1.82) is 0 Å². The molecule has 2 aromatic rings. The van der Waals surface area contributed by atoms with Gasteiger partial charge in [-0.2, -0.15) is 13.2 Å². The summed E-state index contributed by atoms with van der Waals surface area (Å²) in [6, 6.07) is 2.28. The van der Waals surface area contributed by atoms with E-state index in [4.69, 9.17) is 12.2 Å². The first-order valence-electron chi connectivity index (χ1n) is 5.89. The normalized spacial score (nSPS) is 12.2. The number of hydrogen-bond acceptors (Lipinski definition) is 1. The van der Waals surface area contributed by atoms with Crippen LogP contribution in [0.3, 0.4) is 0 Å². The van der Waals surface area contributed by atoms with Gasteiger partial charge in [-0.05, 0) is 36.3 Å². The predicted octanol–water partition coefficient (Wildman–Crippen LogP) is 4.82. The third-order valence-corrected chi connectivity index (χ3v) is 3.21. The molecule has 0 saturated heterocycles. The van der Waals surface area contributed by atoms with Gasteiger partial charge in [0.15, 0.2) is 4.77 Å². The average Bonchev–Trinajstić information content (AvgIpc) is 2.70. The first kappa shape index (κ1) is 14.8. The standard InChI is InChI=1S/C13H12F4N2S/c1-7(2)11-6-18-12(20)19(11)10-5-8(13(15,16)17)3-4-9(10)14/h3-7H,1-2H3,(H,18,20). The maximum Gasteiger partial charge on any atom is 0.416 e. The third-order valence-electron chi connectivity index (χ3n) is 2.91. The fourth-order valence-electron chi connectivity index (χ4n) is 1.92. The molecule has 0 aliphatic heterocycles. The molecule has 1 aromatic carbocycles. The van der Waals surface area contributed by atoms with E-state index >= 15 is 0 Å². The third kappa shape index (κ3) is 2.63. The van der Waals surface area contributed by atoms with E-state index in [0.717, 1.165) is 12.1 Å². The Balaban J connectivity index is 2.70. The van der Waals surface area contributed by atoms with Crippen LogP contribution in [0.15, 0.2) is 24.4 Å². The number of imidazole rings is 1. The van der Waals surface area contributed by atoms with Crippen molar-refractivity contribution in [3.63, 3.8) is 0 Å². The van der Waals surface area contributed by atoms with Crippen molar-refractivity contribution in [3.05, 3.63) is 46.2 Å². The zero-order valence-electron chi connectivity index (χ0n) is 10.8. The summed E-state index contributed by atoms with van der Waals surface area (Å²) in [5, 5.41) is 0. The second-order valence-electron chi connectivity index (χ2n) is 4.67. The van der Waals surface area contributed by atoms with Crippen molar-refractivity contribution >= 4 is 12.2 Å². The second kappa shape index (κ2) is 5.05. The summed E-state index contributed by atoms with van der Waals surface area (Å²) in [4.78, 5) is 2.73. The minimum atomic E-state index is -4.53. The molecule has 0 fully saturated rings. The van der Waals surface area contributed by atoms with Gasteiger partial charge in [0.2, 0.25) is 0 Å². The molecule has 1 aromatic heterocycles. The van der Waals surface area contributed by atoms with Gasteiger partial charge in [-0.25, -0.2) is 4.39 Å². The van der Waals surface area contributed by atoms with E-state index < -0.39 is 17.6 Å². The number of nitrogens with one attached hydrogen (secondary N) is 1. The zero-order chi connectivity index (χ0) is 15.1. The van der Waals surface area contributed by atoms with Crippen molar-refractivity contribution in [2.45, 2.75) is 25.9 Å². The predicted molar refractivity (Wildman–Crippen MR) is 70.0 cm³/mol. The van der Waals surface area contributed by atoms with Crippen LogP contribution in [-0.2, 0) is 6.18 Å². The van der Waals surface area contributed by atoms with Crippen molar-refractivity contribution in [3.8, 4) is 5.69 Å². The molecule has 0 amide bonds. The number of benzene rings is 1. The van der Waals surface area contributed by atoms with E-state index in [0.29, 0.717) is 11.8 Å². The molecular weight excluding hydrogens is 292 g/mol. The molecule has 1 N–H and O–H groups in total. The minimum absolute atomic E-state index is 0.0168. The van der Waals surface area contributed by atoms with Gasteiger partial charge in [0.05, 0.1) is 11.3 Å². The molecule has 0 atom stereocenters. The molecule has 1 heterocycles. The minimum Gasteiger partial charge on any atom is -0.337 e. The topological polar surface area (TPSA) is 20.7 Å². The summed E-state index contributed by atoms with van der Waals surface area (Å²) in [5.74, 6) is -0.771. The maximum absolute atomic E-state index is 13.9. The van der Waals surface area contributed by atoms with Crippen molar-refractivity contribution in [1.82, 2.24) is 9.55 Å². The van der Waals surface area contributed by atoms with Crippen LogP contribution < -0.4 is 0 Å². The summed E-state index contributed by atoms with van der Waals surface area (Å²) in [7, 11) is 0. The first-order valence-corrected chi connectivity index (χ1v) is 6.30. The number of aromatic amines is 1. The quantitative estimate of drug-likeness (QED) is 0.623. The summed E-state index contributed by atoms with van der Waals surface area (Å²) in [6.45, 7) is 3.69. The van der Waals surface area contributed by atoms with Gasteiger partial charge in [-0.1, -0.05) is 13.8 Å². The van der Waals surface area contributed by atoms with E-state index in [-0.39, 0.29) is 16.4 Å². The van der Waals surface area contributed by atoms with Crippen LogP contribution in [0, 0.1) is 10.6 Å². The molecule has 0 aliphatic carbocycles. The fraction of sp³-hybridized carbons (Fsp3) is 0.308. The van der Waals surface area contributed by atoms with Gasteiger partial charge in [-0.15, -0.1) is 0 Å². The lowest BCUT2D eigenvalue weighted by atomic mass is 10.1. The molecule has 0 bridgehead atoms. The average molecular weight is 304 g/mol. The van der Waals surface area contributed by atoms with Gasteiger partial charge in [0.1, 0.15) is 5.82 Å². The van der Waals surface area contributed by atoms with Crippen molar-refractivity contribution < 1.29 is 17.6 Å². The van der Waals surface area contributed by atoms with Crippen molar-refractivity contribution in [2.75, 3.05) is 0 Å². The Morgan fingerprint density at radius 3 is 2.45 bits per heavy atom. The van der Waals surface area contributed by atoms with Crippen molar-refractivity contribution in [2.24, 2.45) is 0 Å². The Morgan fingerprint density at radius 1 is 1.25 bits per heavy atom. The Morgan fingerprint density at radius 2 is 1.90 bits per heavy atom. The zero-order valence-corrected chi connectivity index (χ0v) is 11.6. The summed E-state index contributed by atoms with van der Waals surface area (Å²) >= 11 is 5.03. The molecule has 2 rings (SSSR count). The lowest BCUT2D eigenvalue weighted by Gasteiger charge is -2.14. The Bertz CT molecular complexity index is 682. The molecule has 7 heteroatoms. The monoisotopic (exact) mass is 304 g/mol. The van der Waals surface area contributed by atoms with Crippen LogP contribution in [0.4, 0.5) is 17.6 Å². The largest absolute Gasteiger partial charge is 0.416 e. The van der Waals surface area contributed by atoms with Crippen LogP contribution in [0.2, 0.25) is 0 Å². The van der Waals surface area contributed by atoms with Gasteiger partial charge >= 0.3 is 6.18 Å². The smallest absolute Gasteiger partial charge is 0.337 e. The van der Waals surface area contributed by atoms with Crippen LogP contribution in [0.5, 0.6) is 0 Å². The number of aromatic nitrogens is 2. The molecule has 2 nitrogen and oxygen atoms in total. The van der Waals surface area contributed by atoms with Gasteiger partial charge in [0.25, 0.3) is 0 Å². The Hall–Kier alpha value is -1.63. The summed E-state index contributed by atoms with van der Waals surface area (Å²) in [6.07, 6.45) is -2.95. The van der Waals surface area contributed by atoms with Crippen LogP contribution >= 0.6 is 12.2 Å². The SMILES string of the molecule is CC(C)c1c[nH]c(=S)n1-c1cc(C(F)(F)F)ccc1F. The van der Waals surface area contributed by atoms with E-state index in [9.17, 15) is 17.6 Å². The van der Waals surface area contributed by atoms with E-state index in [1.54, 1.807) is 6.20 Å². The molecule has 0 unspecified atom stereocenters. The van der Waals surface area contributed by atoms with E-state index in [1.165, 1.54) is 4.57 Å². The summed E-state index contributed by atoms with van der Waals surface area (Å²) in [5.41, 5.74) is -0.491. The Labute approximate surface area is 118 Å². The van der Waals surface area contributed by atoms with Crippen LogP contribution in [0.1, 0.15) is 31.0 Å². The van der Waals surface area contributed by atoms with Crippen LogP contribution in [0.25, 0.3) is 5.69 Å². The molecule has 0 aliphatic rings.